The van der Waals surface area contributed by atoms with Crippen LogP contribution in [0.5, 0.6) is 0 Å². The van der Waals surface area contributed by atoms with Crippen molar-refractivity contribution in [1.82, 2.24) is 0 Å². The highest BCUT2D eigenvalue weighted by Gasteiger charge is 2.60. The Morgan fingerprint density at radius 1 is 0.426 bits per heavy atom. The van der Waals surface area contributed by atoms with E-state index in [0.717, 1.165) is 12.8 Å². The second-order valence-corrected chi connectivity index (χ2v) is 24.8. The highest BCUT2D eigenvalue weighted by molar-refractivity contribution is 7.00. The molecule has 0 saturated heterocycles. The first-order chi connectivity index (χ1) is 32.2. The fourth-order valence-corrected chi connectivity index (χ4v) is 13.6. The van der Waals surface area contributed by atoms with E-state index in [4.69, 9.17) is 0 Å². The molecule has 5 aliphatic rings. The van der Waals surface area contributed by atoms with Gasteiger partial charge in [-0.2, -0.15) is 0 Å². The van der Waals surface area contributed by atoms with Crippen LogP contribution in [0.1, 0.15) is 141 Å². The summed E-state index contributed by atoms with van der Waals surface area (Å²) in [7, 11) is 0. The largest absolute Gasteiger partial charge is 0.330 e. The molecule has 0 bridgehead atoms. The van der Waals surface area contributed by atoms with Gasteiger partial charge in [-0.1, -0.05) is 167 Å². The van der Waals surface area contributed by atoms with Crippen LogP contribution in [0.4, 0.5) is 45.5 Å². The number of anilines is 8. The van der Waals surface area contributed by atoms with Gasteiger partial charge in [-0.25, -0.2) is 0 Å². The quantitative estimate of drug-likeness (QED) is 0.164. The van der Waals surface area contributed by atoms with Gasteiger partial charge in [0.1, 0.15) is 0 Å². The summed E-state index contributed by atoms with van der Waals surface area (Å²) in [4.78, 5) is 8.05. The summed E-state index contributed by atoms with van der Waals surface area (Å²) in [6.45, 7) is 29.1. The molecule has 342 valence electrons. The number of para-hydroxylation sites is 2. The zero-order valence-corrected chi connectivity index (χ0v) is 42.6. The Bertz CT molecular complexity index is 3200. The van der Waals surface area contributed by atoms with Crippen molar-refractivity contribution in [3.8, 4) is 0 Å². The first-order valence-electron chi connectivity index (χ1n) is 25.5. The molecule has 0 amide bonds. The van der Waals surface area contributed by atoms with E-state index >= 15 is 0 Å². The fourth-order valence-electron chi connectivity index (χ4n) is 13.6. The molecular weight excluding hydrogens is 822 g/mol. The smallest absolute Gasteiger partial charge is 0.252 e. The lowest BCUT2D eigenvalue weighted by atomic mass is 9.33. The molecule has 2 aliphatic carbocycles. The molecule has 0 saturated carbocycles. The van der Waals surface area contributed by atoms with Crippen LogP contribution in [0.15, 0.2) is 146 Å². The van der Waals surface area contributed by atoms with E-state index in [9.17, 15) is 0 Å². The zero-order chi connectivity index (χ0) is 47.5. The Hall–Kier alpha value is -6.00. The van der Waals surface area contributed by atoms with Crippen molar-refractivity contribution in [2.45, 2.75) is 141 Å². The predicted octanol–water partition coefficient (Wildman–Crippen LogP) is 15.0. The maximum Gasteiger partial charge on any atom is 0.252 e. The van der Waals surface area contributed by atoms with Gasteiger partial charge in [0.2, 0.25) is 0 Å². The molecule has 7 aromatic rings. The number of rotatable bonds is 3. The van der Waals surface area contributed by atoms with Crippen LogP contribution in [0, 0.1) is 0 Å². The van der Waals surface area contributed by atoms with Crippen LogP contribution in [0.2, 0.25) is 0 Å². The van der Waals surface area contributed by atoms with Gasteiger partial charge in [-0.15, -0.1) is 0 Å². The summed E-state index contributed by atoms with van der Waals surface area (Å²) in [5.41, 5.74) is 23.8. The van der Waals surface area contributed by atoms with Gasteiger partial charge in [0.15, 0.2) is 0 Å². The second-order valence-electron chi connectivity index (χ2n) is 24.8. The summed E-state index contributed by atoms with van der Waals surface area (Å²) < 4.78 is 0. The molecule has 12 rings (SSSR count). The molecule has 3 aliphatic heterocycles. The molecule has 0 spiro atoms. The number of hydrogen-bond acceptors (Lipinski definition) is 3. The third kappa shape index (κ3) is 5.97. The van der Waals surface area contributed by atoms with E-state index in [0.29, 0.717) is 0 Å². The first-order valence-corrected chi connectivity index (χ1v) is 25.5. The Morgan fingerprint density at radius 2 is 0.971 bits per heavy atom. The van der Waals surface area contributed by atoms with Gasteiger partial charge in [-0.3, -0.25) is 0 Å². The lowest BCUT2D eigenvalue weighted by Gasteiger charge is -2.52. The predicted molar refractivity (Wildman–Crippen MR) is 291 cm³/mol. The highest BCUT2D eigenvalue weighted by atomic mass is 15.3. The zero-order valence-electron chi connectivity index (χ0n) is 42.6. The Morgan fingerprint density at radius 3 is 1.63 bits per heavy atom. The molecule has 2 atom stereocenters. The van der Waals surface area contributed by atoms with Crippen LogP contribution in [0.25, 0.3) is 0 Å². The number of benzene rings is 7. The summed E-state index contributed by atoms with van der Waals surface area (Å²) in [6, 6.07) is 57.4. The molecule has 0 radical (unpaired) electrons. The van der Waals surface area contributed by atoms with Crippen molar-refractivity contribution >= 4 is 68.6 Å². The monoisotopic (exact) mass is 890 g/mol. The molecule has 3 heterocycles. The fraction of sp³-hybridized carbons (Fsp3) is 0.344. The van der Waals surface area contributed by atoms with Gasteiger partial charge in [0.25, 0.3) is 6.71 Å². The number of hydrogen-bond donors (Lipinski definition) is 0. The summed E-state index contributed by atoms with van der Waals surface area (Å²) in [5, 5.41) is 0. The lowest BCUT2D eigenvalue weighted by Crippen LogP contribution is -2.62. The van der Waals surface area contributed by atoms with E-state index in [-0.39, 0.29) is 39.3 Å². The molecule has 0 fully saturated rings. The van der Waals surface area contributed by atoms with Crippen LogP contribution >= 0.6 is 0 Å². The van der Waals surface area contributed by atoms with Crippen molar-refractivity contribution in [2.24, 2.45) is 0 Å². The van der Waals surface area contributed by atoms with E-state index in [1.807, 2.05) is 0 Å². The van der Waals surface area contributed by atoms with E-state index in [1.54, 1.807) is 0 Å². The second kappa shape index (κ2) is 14.3. The van der Waals surface area contributed by atoms with E-state index in [2.05, 4.69) is 243 Å². The first kappa shape index (κ1) is 43.3. The molecular formula is C64H68BN3. The van der Waals surface area contributed by atoms with Gasteiger partial charge in [-0.05, 0) is 164 Å². The van der Waals surface area contributed by atoms with E-state index < -0.39 is 0 Å². The Labute approximate surface area is 407 Å². The van der Waals surface area contributed by atoms with Gasteiger partial charge in [0.05, 0.1) is 5.54 Å². The van der Waals surface area contributed by atoms with Crippen molar-refractivity contribution in [3.05, 3.63) is 185 Å². The summed E-state index contributed by atoms with van der Waals surface area (Å²) >= 11 is 0. The van der Waals surface area contributed by atoms with Gasteiger partial charge < -0.3 is 14.7 Å². The molecule has 4 heteroatoms. The van der Waals surface area contributed by atoms with Crippen LogP contribution in [-0.4, -0.2) is 6.71 Å². The standard InChI is InChI=1S/C64H68BN3/c1-59(2,3)42-26-29-45(30-27-42)66-54-31-28-43(60(4,5)6)36-51(54)65-52-39-49-50(62(9,10)35-34-61(49,7)8)40-55(52)67(44-21-14-13-15-22-44)57-38-46(37-56(66)58(57)65)68-53-25-19-18-24-48(53)63(11)33-32-41-20-16-17-23-47(41)64(63,68)12/h13-31,36-40H,32-35H2,1-12H3. The minimum atomic E-state index is -0.349. The highest BCUT2D eigenvalue weighted by Crippen LogP contribution is 2.64. The Kier molecular flexibility index (Phi) is 9.10. The topological polar surface area (TPSA) is 9.72 Å². The van der Waals surface area contributed by atoms with Crippen molar-refractivity contribution in [2.75, 3.05) is 14.7 Å². The molecule has 7 aromatic carbocycles. The SMILES string of the molecule is CC(C)(C)c1ccc(N2c3ccc(C(C)(C)C)cc3B3c4cc5c(cc4N(c4ccccc4)c4cc(N6c7ccccc7C7(C)CCc8ccccc8C67C)cc2c43)C(C)(C)CCC5(C)C)cc1. The minimum Gasteiger partial charge on any atom is -0.330 e. The van der Waals surface area contributed by atoms with Crippen LogP contribution in [0.3, 0.4) is 0 Å². The van der Waals surface area contributed by atoms with Crippen molar-refractivity contribution in [1.29, 1.82) is 0 Å². The average Bonchev–Trinajstić information content (AvgIpc) is 3.53. The third-order valence-corrected chi connectivity index (χ3v) is 17.9. The molecule has 68 heavy (non-hydrogen) atoms. The molecule has 3 nitrogen and oxygen atoms in total. The number of nitrogens with zero attached hydrogens (tertiary/aromatic N) is 3. The molecule has 0 N–H and O–H groups in total. The number of fused-ring (bicyclic) bond motifs is 10. The Balaban J connectivity index is 1.23. The number of aryl methyl sites for hydroxylation is 1. The third-order valence-electron chi connectivity index (χ3n) is 17.9. The molecule has 2 unspecified atom stereocenters. The van der Waals surface area contributed by atoms with Crippen LogP contribution in [-0.2, 0) is 39.0 Å². The van der Waals surface area contributed by atoms with Gasteiger partial charge in [0, 0.05) is 50.9 Å². The van der Waals surface area contributed by atoms with Gasteiger partial charge >= 0.3 is 0 Å². The lowest BCUT2D eigenvalue weighted by molar-refractivity contribution is 0.245. The summed E-state index contributed by atoms with van der Waals surface area (Å²) in [6.07, 6.45) is 4.50. The van der Waals surface area contributed by atoms with Crippen molar-refractivity contribution < 1.29 is 0 Å². The summed E-state index contributed by atoms with van der Waals surface area (Å²) in [5.74, 6) is 0. The van der Waals surface area contributed by atoms with E-state index in [1.165, 1.54) is 114 Å². The average molecular weight is 890 g/mol. The maximum atomic E-state index is 2.77. The van der Waals surface area contributed by atoms with Crippen molar-refractivity contribution in [3.63, 3.8) is 0 Å². The minimum absolute atomic E-state index is 0.0136. The van der Waals surface area contributed by atoms with Crippen LogP contribution < -0.4 is 31.1 Å². The maximum absolute atomic E-state index is 2.77. The molecule has 0 aromatic heterocycles. The normalized spacial score (nSPS) is 21.5.